The Labute approximate surface area is 197 Å². The first-order chi connectivity index (χ1) is 15.3. The second-order valence-corrected chi connectivity index (χ2v) is 12.1. The van der Waals surface area contributed by atoms with Crippen LogP contribution in [0.3, 0.4) is 0 Å². The number of amides is 2. The molecule has 1 saturated heterocycles. The highest BCUT2D eigenvalue weighted by atomic mass is 16.7. The summed E-state index contributed by atoms with van der Waals surface area (Å²) in [5.41, 5.74) is -0.129. The lowest BCUT2D eigenvalue weighted by Crippen LogP contribution is -2.59. The number of allylic oxidation sites excluding steroid dienone is 2. The van der Waals surface area contributed by atoms with Gasteiger partial charge in [-0.1, -0.05) is 13.8 Å². The maximum atomic E-state index is 13.3. The van der Waals surface area contributed by atoms with Gasteiger partial charge in [0.15, 0.2) is 5.78 Å². The highest BCUT2D eigenvalue weighted by Crippen LogP contribution is 2.65. The number of piperidine rings is 1. The largest absolute Gasteiger partial charge is 0.443 e. The summed E-state index contributed by atoms with van der Waals surface area (Å²) in [6.45, 7) is 10.7. The Morgan fingerprint density at radius 3 is 2.45 bits per heavy atom. The van der Waals surface area contributed by atoms with Crippen LogP contribution in [0.1, 0.15) is 73.1 Å². The van der Waals surface area contributed by atoms with Crippen LogP contribution >= 0.6 is 0 Å². The molecule has 4 rings (SSSR count). The molecule has 7 nitrogen and oxygen atoms in total. The van der Waals surface area contributed by atoms with Gasteiger partial charge in [0, 0.05) is 43.1 Å². The third-order valence-corrected chi connectivity index (χ3v) is 9.21. The van der Waals surface area contributed by atoms with Crippen molar-refractivity contribution in [3.63, 3.8) is 0 Å². The molecule has 1 heterocycles. The van der Waals surface area contributed by atoms with Crippen molar-refractivity contribution in [2.75, 3.05) is 20.7 Å². The van der Waals surface area contributed by atoms with E-state index in [9.17, 15) is 14.4 Å². The van der Waals surface area contributed by atoms with E-state index in [0.717, 1.165) is 37.8 Å². The Hall–Kier alpha value is -1.89. The zero-order valence-electron chi connectivity index (χ0n) is 21.3. The van der Waals surface area contributed by atoms with Gasteiger partial charge < -0.3 is 4.74 Å². The smallest absolute Gasteiger partial charge is 0.414 e. The molecular formula is C26H40N2O5. The second-order valence-electron chi connectivity index (χ2n) is 12.1. The molecule has 3 aliphatic carbocycles. The van der Waals surface area contributed by atoms with Crippen molar-refractivity contribution in [3.8, 4) is 0 Å². The molecule has 6 atom stereocenters. The van der Waals surface area contributed by atoms with Crippen molar-refractivity contribution in [1.82, 2.24) is 9.96 Å². The van der Waals surface area contributed by atoms with Crippen LogP contribution in [0.2, 0.25) is 0 Å². The molecule has 4 aliphatic rings. The van der Waals surface area contributed by atoms with E-state index < -0.39 is 5.60 Å². The molecule has 184 valence electrons. The number of ketones is 1. The Balaban J connectivity index is 1.70. The van der Waals surface area contributed by atoms with Gasteiger partial charge in [0.25, 0.3) is 0 Å². The lowest BCUT2D eigenvalue weighted by atomic mass is 9.49. The summed E-state index contributed by atoms with van der Waals surface area (Å²) in [5, 5.41) is 1.37. The molecule has 2 amide bonds. The van der Waals surface area contributed by atoms with Gasteiger partial charge in [-0.15, -0.1) is 0 Å². The highest BCUT2D eigenvalue weighted by Gasteiger charge is 2.62. The molecule has 0 aromatic heterocycles. The number of hydrogen-bond acceptors (Lipinski definition) is 5. The number of hydroxylamine groups is 2. The normalized spacial score (nSPS) is 38.1. The topological polar surface area (TPSA) is 76.2 Å². The van der Waals surface area contributed by atoms with E-state index in [0.29, 0.717) is 24.8 Å². The zero-order valence-corrected chi connectivity index (χ0v) is 21.3. The first kappa shape index (κ1) is 24.2. The van der Waals surface area contributed by atoms with Crippen molar-refractivity contribution in [3.05, 3.63) is 11.8 Å². The van der Waals surface area contributed by atoms with Crippen LogP contribution < -0.4 is 0 Å². The number of hydrogen-bond donors (Lipinski definition) is 0. The summed E-state index contributed by atoms with van der Waals surface area (Å²) in [6, 6.07) is 0. The number of nitrogens with zero attached hydrogens (tertiary/aromatic N) is 2. The lowest BCUT2D eigenvalue weighted by molar-refractivity contribution is -0.180. The quantitative estimate of drug-likeness (QED) is 0.564. The van der Waals surface area contributed by atoms with Gasteiger partial charge in [-0.05, 0) is 76.0 Å². The molecule has 7 heteroatoms. The van der Waals surface area contributed by atoms with Crippen molar-refractivity contribution >= 4 is 17.8 Å². The molecule has 0 bridgehead atoms. The Kier molecular flexibility index (Phi) is 5.95. The van der Waals surface area contributed by atoms with Gasteiger partial charge >= 0.3 is 6.09 Å². The number of rotatable bonds is 2. The highest BCUT2D eigenvalue weighted by molar-refractivity contribution is 5.92. The van der Waals surface area contributed by atoms with Gasteiger partial charge in [-0.3, -0.25) is 19.3 Å². The van der Waals surface area contributed by atoms with E-state index in [4.69, 9.17) is 9.57 Å². The van der Waals surface area contributed by atoms with Crippen molar-refractivity contribution in [2.24, 2.45) is 34.5 Å². The molecule has 1 aliphatic heterocycles. The van der Waals surface area contributed by atoms with Crippen molar-refractivity contribution in [2.45, 2.75) is 78.7 Å². The minimum Gasteiger partial charge on any atom is -0.443 e. The van der Waals surface area contributed by atoms with Crippen LogP contribution in [-0.2, 0) is 19.2 Å². The summed E-state index contributed by atoms with van der Waals surface area (Å²) < 4.78 is 5.79. The van der Waals surface area contributed by atoms with Crippen molar-refractivity contribution in [1.29, 1.82) is 0 Å². The van der Waals surface area contributed by atoms with Gasteiger partial charge in [-0.2, -0.15) is 0 Å². The zero-order chi connectivity index (χ0) is 24.3. The molecule has 0 N–H and O–H groups in total. The van der Waals surface area contributed by atoms with Crippen molar-refractivity contribution < 1.29 is 24.0 Å². The molecule has 0 aromatic carbocycles. The summed E-state index contributed by atoms with van der Waals surface area (Å²) in [6.07, 6.45) is 6.42. The van der Waals surface area contributed by atoms with Gasteiger partial charge in [0.05, 0.1) is 7.11 Å². The predicted octanol–water partition coefficient (Wildman–Crippen LogP) is 4.57. The Bertz CT molecular complexity index is 876. The average molecular weight is 461 g/mol. The van der Waals surface area contributed by atoms with Crippen LogP contribution in [0, 0.1) is 34.5 Å². The minimum atomic E-state index is -0.611. The standard InChI is InChI=1S/C26H40N2O5/c1-24(2,3)33-23(31)28-15-17-18-8-9-20(22(30)27(6)32-7)25(18,4)13-11-19(17)26(5)12-10-16(29)14-21(26)28/h14,17-20H,8-13,15H2,1-7H3/t17-,18-,19-,20+,25-,26+/m0/s1. The summed E-state index contributed by atoms with van der Waals surface area (Å²) >= 11 is 0. The number of ether oxygens (including phenoxy) is 1. The summed E-state index contributed by atoms with van der Waals surface area (Å²) in [7, 11) is 3.22. The lowest BCUT2D eigenvalue weighted by Gasteiger charge is -2.60. The van der Waals surface area contributed by atoms with E-state index in [1.165, 1.54) is 12.2 Å². The Morgan fingerprint density at radius 2 is 1.82 bits per heavy atom. The van der Waals surface area contributed by atoms with E-state index in [1.54, 1.807) is 18.0 Å². The third-order valence-electron chi connectivity index (χ3n) is 9.21. The van der Waals surface area contributed by atoms with Crippen LogP contribution in [0.4, 0.5) is 4.79 Å². The van der Waals surface area contributed by atoms with E-state index in [1.807, 2.05) is 20.8 Å². The molecule has 0 aromatic rings. The second kappa shape index (κ2) is 8.10. The fourth-order valence-corrected chi connectivity index (χ4v) is 7.51. The fourth-order valence-electron chi connectivity index (χ4n) is 7.51. The Morgan fingerprint density at radius 1 is 1.12 bits per heavy atom. The van der Waals surface area contributed by atoms with E-state index in [2.05, 4.69) is 13.8 Å². The molecule has 0 spiro atoms. The van der Waals surface area contributed by atoms with E-state index in [-0.39, 0.29) is 40.4 Å². The number of carbonyl (C=O) groups excluding carboxylic acids is 3. The molecule has 3 fully saturated rings. The molecule has 33 heavy (non-hydrogen) atoms. The maximum absolute atomic E-state index is 13.3. The van der Waals surface area contributed by atoms with Gasteiger partial charge in [-0.25, -0.2) is 9.86 Å². The van der Waals surface area contributed by atoms with Crippen LogP contribution in [0.25, 0.3) is 0 Å². The minimum absolute atomic E-state index is 0.0517. The van der Waals surface area contributed by atoms with Crippen LogP contribution in [-0.4, -0.2) is 54.1 Å². The summed E-state index contributed by atoms with van der Waals surface area (Å²) in [4.78, 5) is 45.8. The molecule has 2 saturated carbocycles. The van der Waals surface area contributed by atoms with Crippen LogP contribution in [0.15, 0.2) is 11.8 Å². The van der Waals surface area contributed by atoms with E-state index >= 15 is 0 Å². The number of fused-ring (bicyclic) bond motifs is 5. The van der Waals surface area contributed by atoms with Gasteiger partial charge in [0.2, 0.25) is 5.91 Å². The first-order valence-electron chi connectivity index (χ1n) is 12.4. The first-order valence-corrected chi connectivity index (χ1v) is 12.4. The SMILES string of the molecule is CON(C)C(=O)[C@H]1CC[C@H]2[C@@H]3CN(C(=O)OC(C)(C)C)C4=CC(=O)CC[C@]4(C)[C@H]3CC[C@]12C. The predicted molar refractivity (Wildman–Crippen MR) is 124 cm³/mol. The summed E-state index contributed by atoms with van der Waals surface area (Å²) in [5.74, 6) is 1.08. The number of carbonyl (C=O) groups is 3. The fraction of sp³-hybridized carbons (Fsp3) is 0.808. The molecular weight excluding hydrogens is 420 g/mol. The maximum Gasteiger partial charge on any atom is 0.414 e. The molecule has 0 radical (unpaired) electrons. The van der Waals surface area contributed by atoms with Gasteiger partial charge in [0.1, 0.15) is 5.60 Å². The monoisotopic (exact) mass is 460 g/mol. The third kappa shape index (κ3) is 3.90. The number of likely N-dealkylation sites (tertiary alicyclic amines) is 1. The van der Waals surface area contributed by atoms with Crippen LogP contribution in [0.5, 0.6) is 0 Å². The average Bonchev–Trinajstić information content (AvgIpc) is 3.08. The molecule has 0 unspecified atom stereocenters.